The van der Waals surface area contributed by atoms with Crippen molar-refractivity contribution >= 4 is 26.0 Å². The summed E-state index contributed by atoms with van der Waals surface area (Å²) in [6.07, 6.45) is 5.93. The molecule has 2 rings (SSSR count). The summed E-state index contributed by atoms with van der Waals surface area (Å²) < 4.78 is 29.6. The molecule has 1 heterocycles. The van der Waals surface area contributed by atoms with Crippen LogP contribution in [0.4, 0.5) is 0 Å². The number of nitrogens with zero attached hydrogens (tertiary/aromatic N) is 2. The summed E-state index contributed by atoms with van der Waals surface area (Å²) >= 11 is 3.26. The van der Waals surface area contributed by atoms with Crippen LogP contribution in [0.25, 0.3) is 0 Å². The van der Waals surface area contributed by atoms with E-state index in [1.54, 1.807) is 30.7 Å². The number of aryl methyl sites for hydroxylation is 1. The molecule has 6 nitrogen and oxygen atoms in total. The Hall–Kier alpha value is -1.22. The Labute approximate surface area is 132 Å². The fourth-order valence-corrected chi connectivity index (χ4v) is 3.93. The minimum atomic E-state index is -3.54. The third-order valence-electron chi connectivity index (χ3n) is 2.97. The molecule has 3 N–H and O–H groups in total. The Bertz CT molecular complexity index is 686. The van der Waals surface area contributed by atoms with E-state index < -0.39 is 10.0 Å². The van der Waals surface area contributed by atoms with Gasteiger partial charge in [0.25, 0.3) is 0 Å². The normalized spacial score (nSPS) is 11.7. The fourth-order valence-electron chi connectivity index (χ4n) is 1.85. The molecule has 0 saturated carbocycles. The molecule has 0 amide bonds. The lowest BCUT2D eigenvalue weighted by atomic mass is 10.2. The first-order valence-corrected chi connectivity index (χ1v) is 8.74. The van der Waals surface area contributed by atoms with E-state index in [4.69, 9.17) is 5.73 Å². The Balaban J connectivity index is 1.98. The van der Waals surface area contributed by atoms with Crippen LogP contribution in [0.1, 0.15) is 12.0 Å². The van der Waals surface area contributed by atoms with Gasteiger partial charge in [0.1, 0.15) is 0 Å². The molecule has 1 aromatic heterocycles. The highest BCUT2D eigenvalue weighted by atomic mass is 79.9. The molecule has 0 saturated heterocycles. The second kappa shape index (κ2) is 7.17. The van der Waals surface area contributed by atoms with E-state index >= 15 is 0 Å². The molecular weight excluding hydrogens is 356 g/mol. The first-order chi connectivity index (χ1) is 10.0. The Kier molecular flexibility index (Phi) is 5.51. The Morgan fingerprint density at radius 1 is 1.38 bits per heavy atom. The van der Waals surface area contributed by atoms with Gasteiger partial charge in [0.05, 0.1) is 11.2 Å². The molecule has 0 fully saturated rings. The molecule has 8 heteroatoms. The maximum absolute atomic E-state index is 12.3. The van der Waals surface area contributed by atoms with Crippen molar-refractivity contribution in [2.45, 2.75) is 24.4 Å². The summed E-state index contributed by atoms with van der Waals surface area (Å²) in [7, 11) is -3.54. The molecule has 0 unspecified atom stereocenters. The molecule has 2 aromatic rings. The second-order valence-corrected chi connectivity index (χ2v) is 7.11. The summed E-state index contributed by atoms with van der Waals surface area (Å²) in [5, 5.41) is 0. The minimum Gasteiger partial charge on any atom is -0.337 e. The van der Waals surface area contributed by atoms with Crippen molar-refractivity contribution < 1.29 is 8.42 Å². The van der Waals surface area contributed by atoms with Gasteiger partial charge >= 0.3 is 0 Å². The molecule has 114 valence electrons. The lowest BCUT2D eigenvalue weighted by Crippen LogP contribution is -2.26. The number of sulfonamides is 1. The first kappa shape index (κ1) is 16.2. The van der Waals surface area contributed by atoms with E-state index in [1.807, 2.05) is 10.8 Å². The van der Waals surface area contributed by atoms with Crippen molar-refractivity contribution in [2.75, 3.05) is 6.54 Å². The van der Waals surface area contributed by atoms with Gasteiger partial charge < -0.3 is 10.3 Å². The molecule has 21 heavy (non-hydrogen) atoms. The van der Waals surface area contributed by atoms with Crippen molar-refractivity contribution in [1.82, 2.24) is 14.3 Å². The lowest BCUT2D eigenvalue weighted by molar-refractivity contribution is 0.569. The SMILES string of the molecule is NCc1ccc(Br)c(S(=O)(=O)NCCCn2ccnc2)c1. The Morgan fingerprint density at radius 2 is 2.19 bits per heavy atom. The predicted octanol–water partition coefficient (Wildman–Crippen LogP) is 1.47. The van der Waals surface area contributed by atoms with Crippen molar-refractivity contribution in [3.05, 3.63) is 47.0 Å². The topological polar surface area (TPSA) is 90.0 Å². The number of nitrogens with one attached hydrogen (secondary N) is 1. The van der Waals surface area contributed by atoms with Gasteiger partial charge in [0.2, 0.25) is 10.0 Å². The van der Waals surface area contributed by atoms with Crippen LogP contribution in [0.5, 0.6) is 0 Å². The van der Waals surface area contributed by atoms with Gasteiger partial charge in [-0.15, -0.1) is 0 Å². The van der Waals surface area contributed by atoms with E-state index in [1.165, 1.54) is 0 Å². The van der Waals surface area contributed by atoms with Gasteiger partial charge in [-0.25, -0.2) is 18.1 Å². The fraction of sp³-hybridized carbons (Fsp3) is 0.308. The smallest absolute Gasteiger partial charge is 0.241 e. The van der Waals surface area contributed by atoms with Crippen LogP contribution in [-0.4, -0.2) is 24.5 Å². The molecular formula is C13H17BrN4O2S. The quantitative estimate of drug-likeness (QED) is 0.720. The van der Waals surface area contributed by atoms with Crippen LogP contribution in [0, 0.1) is 0 Å². The predicted molar refractivity (Wildman–Crippen MR) is 84.1 cm³/mol. The lowest BCUT2D eigenvalue weighted by Gasteiger charge is -2.10. The first-order valence-electron chi connectivity index (χ1n) is 6.47. The van der Waals surface area contributed by atoms with Crippen molar-refractivity contribution in [3.63, 3.8) is 0 Å². The average Bonchev–Trinajstić information content (AvgIpc) is 2.97. The number of imidazole rings is 1. The standard InChI is InChI=1S/C13H17BrN4O2S/c14-12-3-2-11(9-15)8-13(12)21(19,20)17-4-1-6-18-7-5-16-10-18/h2-3,5,7-8,10,17H,1,4,6,9,15H2. The third kappa shape index (κ3) is 4.37. The minimum absolute atomic E-state index is 0.216. The van der Waals surface area contributed by atoms with Gasteiger partial charge in [-0.1, -0.05) is 6.07 Å². The van der Waals surface area contributed by atoms with Crippen LogP contribution in [0.3, 0.4) is 0 Å². The van der Waals surface area contributed by atoms with Crippen LogP contribution >= 0.6 is 15.9 Å². The summed E-state index contributed by atoms with van der Waals surface area (Å²) in [6, 6.07) is 5.08. The van der Waals surface area contributed by atoms with Gasteiger partial charge in [0, 0.05) is 36.5 Å². The van der Waals surface area contributed by atoms with Gasteiger partial charge in [-0.05, 0) is 40.0 Å². The van der Waals surface area contributed by atoms with E-state index in [9.17, 15) is 8.42 Å². The van der Waals surface area contributed by atoms with Crippen molar-refractivity contribution in [1.29, 1.82) is 0 Å². The molecule has 0 bridgehead atoms. The highest BCUT2D eigenvalue weighted by Gasteiger charge is 2.17. The second-order valence-electron chi connectivity index (χ2n) is 4.52. The van der Waals surface area contributed by atoms with Crippen molar-refractivity contribution in [2.24, 2.45) is 5.73 Å². The van der Waals surface area contributed by atoms with E-state index in [0.29, 0.717) is 30.5 Å². The molecule has 0 aliphatic carbocycles. The number of nitrogens with two attached hydrogens (primary N) is 1. The molecule has 0 radical (unpaired) electrons. The third-order valence-corrected chi connectivity index (χ3v) is 5.42. The highest BCUT2D eigenvalue weighted by molar-refractivity contribution is 9.10. The number of benzene rings is 1. The number of halogens is 1. The number of aromatic nitrogens is 2. The van der Waals surface area contributed by atoms with Crippen LogP contribution in [-0.2, 0) is 23.1 Å². The van der Waals surface area contributed by atoms with E-state index in [0.717, 1.165) is 5.56 Å². The number of hydrogen-bond acceptors (Lipinski definition) is 4. The van der Waals surface area contributed by atoms with Crippen LogP contribution < -0.4 is 10.5 Å². The monoisotopic (exact) mass is 372 g/mol. The maximum atomic E-state index is 12.3. The average molecular weight is 373 g/mol. The zero-order valence-corrected chi connectivity index (χ0v) is 13.8. The van der Waals surface area contributed by atoms with Crippen molar-refractivity contribution in [3.8, 4) is 0 Å². The summed E-state index contributed by atoms with van der Waals surface area (Å²) in [5.74, 6) is 0. The van der Waals surface area contributed by atoms with Crippen LogP contribution in [0.2, 0.25) is 0 Å². The summed E-state index contributed by atoms with van der Waals surface area (Å²) in [6.45, 7) is 1.38. The molecule has 1 aromatic carbocycles. The Morgan fingerprint density at radius 3 is 2.86 bits per heavy atom. The summed E-state index contributed by atoms with van der Waals surface area (Å²) in [5.41, 5.74) is 6.32. The molecule has 0 spiro atoms. The molecule has 0 atom stereocenters. The largest absolute Gasteiger partial charge is 0.337 e. The van der Waals surface area contributed by atoms with Crippen LogP contribution in [0.15, 0.2) is 46.3 Å². The van der Waals surface area contributed by atoms with Gasteiger partial charge in [-0.2, -0.15) is 0 Å². The van der Waals surface area contributed by atoms with E-state index in [2.05, 4.69) is 25.6 Å². The molecule has 0 aliphatic heterocycles. The number of hydrogen-bond donors (Lipinski definition) is 2. The maximum Gasteiger partial charge on any atom is 0.241 e. The molecule has 0 aliphatic rings. The summed E-state index contributed by atoms with van der Waals surface area (Å²) in [4.78, 5) is 4.15. The van der Waals surface area contributed by atoms with Gasteiger partial charge in [-0.3, -0.25) is 0 Å². The van der Waals surface area contributed by atoms with Gasteiger partial charge in [0.15, 0.2) is 0 Å². The van der Waals surface area contributed by atoms with E-state index in [-0.39, 0.29) is 4.90 Å². The zero-order valence-electron chi connectivity index (χ0n) is 11.4. The highest BCUT2D eigenvalue weighted by Crippen LogP contribution is 2.23. The zero-order chi connectivity index (χ0) is 15.3. The number of rotatable bonds is 7.